The molecule has 0 radical (unpaired) electrons. The van der Waals surface area contributed by atoms with Crippen molar-refractivity contribution in [3.8, 4) is 11.5 Å². The average Bonchev–Trinajstić information content (AvgIpc) is 3.20. The van der Waals surface area contributed by atoms with Crippen LogP contribution in [-0.4, -0.2) is 34.4 Å². The molecule has 2 aromatic carbocycles. The van der Waals surface area contributed by atoms with Crippen LogP contribution in [0.1, 0.15) is 30.8 Å². The van der Waals surface area contributed by atoms with Crippen molar-refractivity contribution < 1.29 is 14.3 Å². The summed E-state index contributed by atoms with van der Waals surface area (Å²) in [6.07, 6.45) is 2.61. The van der Waals surface area contributed by atoms with E-state index in [0.717, 1.165) is 45.9 Å². The zero-order valence-electron chi connectivity index (χ0n) is 16.8. The van der Waals surface area contributed by atoms with Crippen LogP contribution in [0.15, 0.2) is 41.5 Å². The highest BCUT2D eigenvalue weighted by Crippen LogP contribution is 2.34. The minimum absolute atomic E-state index is 0.146. The topological polar surface area (TPSA) is 77.7 Å². The van der Waals surface area contributed by atoms with E-state index in [2.05, 4.69) is 15.5 Å². The number of carbonyl (C=O) groups is 1. The molecule has 1 N–H and O–H groups in total. The van der Waals surface area contributed by atoms with Gasteiger partial charge >= 0.3 is 0 Å². The van der Waals surface area contributed by atoms with E-state index in [0.29, 0.717) is 6.61 Å². The van der Waals surface area contributed by atoms with Crippen molar-refractivity contribution >= 4 is 23.2 Å². The van der Waals surface area contributed by atoms with Crippen LogP contribution in [-0.2, 0) is 17.8 Å². The Balaban J connectivity index is 1.48. The number of hydrazone groups is 1. The molecule has 0 bridgehead atoms. The lowest BCUT2D eigenvalue weighted by Gasteiger charge is -2.10. The fourth-order valence-corrected chi connectivity index (χ4v) is 3.58. The number of imidazole rings is 1. The third-order valence-corrected chi connectivity index (χ3v) is 4.87. The molecular formula is C22H24N4O3. The lowest BCUT2D eigenvalue weighted by Crippen LogP contribution is -2.23. The molecule has 150 valence electrons. The third-order valence-electron chi connectivity index (χ3n) is 4.87. The van der Waals surface area contributed by atoms with Crippen molar-refractivity contribution in [3.05, 3.63) is 53.3 Å². The Bertz CT molecular complexity index is 1090. The molecule has 0 saturated heterocycles. The molecule has 0 aliphatic carbocycles. The van der Waals surface area contributed by atoms with Crippen LogP contribution >= 0.6 is 0 Å². The van der Waals surface area contributed by atoms with Crippen LogP contribution < -0.4 is 14.9 Å². The summed E-state index contributed by atoms with van der Waals surface area (Å²) >= 11 is 0. The van der Waals surface area contributed by atoms with Crippen molar-refractivity contribution in [1.29, 1.82) is 0 Å². The SMILES string of the molecule is CCOc1cc2c(cc1/C=N\NC(=O)Cn1c(C)nc3ccccc31)O[C@@H](C)C2. The minimum Gasteiger partial charge on any atom is -0.493 e. The fraction of sp³-hybridized carbons (Fsp3) is 0.318. The van der Waals surface area contributed by atoms with Crippen LogP contribution in [0.5, 0.6) is 11.5 Å². The summed E-state index contributed by atoms with van der Waals surface area (Å²) in [5.74, 6) is 2.14. The highest BCUT2D eigenvalue weighted by molar-refractivity contribution is 5.87. The highest BCUT2D eigenvalue weighted by atomic mass is 16.5. The Morgan fingerprint density at radius 1 is 1.41 bits per heavy atom. The number of hydrogen-bond donors (Lipinski definition) is 1. The number of fused-ring (bicyclic) bond motifs is 2. The standard InChI is InChI=1S/C22H24N4O3/c1-4-28-20-10-16-9-14(2)29-21(16)11-17(20)12-23-25-22(27)13-26-15(3)24-18-7-5-6-8-19(18)26/h5-8,10-12,14H,4,9,13H2,1-3H3,(H,25,27)/b23-12-/t14-/m0/s1. The summed E-state index contributed by atoms with van der Waals surface area (Å²) in [6.45, 7) is 6.56. The van der Waals surface area contributed by atoms with Crippen LogP contribution in [0.3, 0.4) is 0 Å². The van der Waals surface area contributed by atoms with E-state index >= 15 is 0 Å². The number of hydrogen-bond acceptors (Lipinski definition) is 5. The Kier molecular flexibility index (Phi) is 5.20. The molecule has 1 aromatic heterocycles. The molecule has 1 aliphatic heterocycles. The second-order valence-corrected chi connectivity index (χ2v) is 7.09. The number of nitrogens with zero attached hydrogens (tertiary/aromatic N) is 3. The first-order valence-corrected chi connectivity index (χ1v) is 9.75. The van der Waals surface area contributed by atoms with Crippen LogP contribution in [0, 0.1) is 6.92 Å². The molecule has 2 heterocycles. The Hall–Kier alpha value is -3.35. The number of ether oxygens (including phenoxy) is 2. The monoisotopic (exact) mass is 392 g/mol. The second-order valence-electron chi connectivity index (χ2n) is 7.09. The summed E-state index contributed by atoms with van der Waals surface area (Å²) in [5, 5.41) is 4.13. The van der Waals surface area contributed by atoms with Crippen molar-refractivity contribution in [1.82, 2.24) is 15.0 Å². The van der Waals surface area contributed by atoms with E-state index in [1.165, 1.54) is 0 Å². The van der Waals surface area contributed by atoms with Crippen molar-refractivity contribution in [2.24, 2.45) is 5.10 Å². The highest BCUT2D eigenvalue weighted by Gasteiger charge is 2.21. The summed E-state index contributed by atoms with van der Waals surface area (Å²) in [7, 11) is 0. The zero-order valence-corrected chi connectivity index (χ0v) is 16.8. The first-order valence-electron chi connectivity index (χ1n) is 9.75. The van der Waals surface area contributed by atoms with Gasteiger partial charge < -0.3 is 14.0 Å². The first-order chi connectivity index (χ1) is 14.0. The maximum Gasteiger partial charge on any atom is 0.260 e. The molecule has 1 aliphatic rings. The molecule has 1 amide bonds. The van der Waals surface area contributed by atoms with Gasteiger partial charge in [0.2, 0.25) is 0 Å². The van der Waals surface area contributed by atoms with Gasteiger partial charge in [0.25, 0.3) is 5.91 Å². The normalized spacial score (nSPS) is 15.5. The van der Waals surface area contributed by atoms with Gasteiger partial charge in [0.1, 0.15) is 30.0 Å². The summed E-state index contributed by atoms with van der Waals surface area (Å²) < 4.78 is 13.4. The zero-order chi connectivity index (χ0) is 20.4. The van der Waals surface area contributed by atoms with E-state index in [9.17, 15) is 4.79 Å². The molecule has 29 heavy (non-hydrogen) atoms. The van der Waals surface area contributed by atoms with Gasteiger partial charge in [-0.2, -0.15) is 5.10 Å². The molecule has 7 nitrogen and oxygen atoms in total. The summed E-state index contributed by atoms with van der Waals surface area (Å²) in [4.78, 5) is 16.9. The van der Waals surface area contributed by atoms with E-state index in [-0.39, 0.29) is 18.6 Å². The van der Waals surface area contributed by atoms with E-state index < -0.39 is 0 Å². The van der Waals surface area contributed by atoms with Gasteiger partial charge in [-0.1, -0.05) is 12.1 Å². The average molecular weight is 392 g/mol. The molecular weight excluding hydrogens is 368 g/mol. The van der Waals surface area contributed by atoms with Gasteiger partial charge in [-0.05, 0) is 45.0 Å². The fourth-order valence-electron chi connectivity index (χ4n) is 3.58. The van der Waals surface area contributed by atoms with Gasteiger partial charge in [0.05, 0.1) is 23.9 Å². The smallest absolute Gasteiger partial charge is 0.260 e. The van der Waals surface area contributed by atoms with Crippen molar-refractivity contribution in [2.45, 2.75) is 39.8 Å². The second kappa shape index (κ2) is 7.95. The molecule has 0 spiro atoms. The van der Waals surface area contributed by atoms with Gasteiger partial charge in [-0.15, -0.1) is 0 Å². The van der Waals surface area contributed by atoms with Crippen LogP contribution in [0.25, 0.3) is 11.0 Å². The Morgan fingerprint density at radius 2 is 2.24 bits per heavy atom. The molecule has 1 atom stereocenters. The first kappa shape index (κ1) is 19.0. The third kappa shape index (κ3) is 3.94. The minimum atomic E-state index is -0.225. The van der Waals surface area contributed by atoms with Gasteiger partial charge in [-0.25, -0.2) is 10.4 Å². The number of rotatable bonds is 6. The lowest BCUT2D eigenvalue weighted by molar-refractivity contribution is -0.121. The number of aromatic nitrogens is 2. The van der Waals surface area contributed by atoms with Crippen molar-refractivity contribution in [2.75, 3.05) is 6.61 Å². The van der Waals surface area contributed by atoms with E-state index in [1.807, 2.05) is 61.7 Å². The van der Waals surface area contributed by atoms with Gasteiger partial charge in [-0.3, -0.25) is 4.79 Å². The van der Waals surface area contributed by atoms with Gasteiger partial charge in [0.15, 0.2) is 0 Å². The van der Waals surface area contributed by atoms with Crippen molar-refractivity contribution in [3.63, 3.8) is 0 Å². The Morgan fingerprint density at radius 3 is 3.07 bits per heavy atom. The quantitative estimate of drug-likeness (QED) is 0.516. The van der Waals surface area contributed by atoms with E-state index in [1.54, 1.807) is 6.21 Å². The lowest BCUT2D eigenvalue weighted by atomic mass is 10.1. The summed E-state index contributed by atoms with van der Waals surface area (Å²) in [6, 6.07) is 11.6. The molecule has 0 unspecified atom stereocenters. The largest absolute Gasteiger partial charge is 0.493 e. The molecule has 7 heteroatoms. The molecule has 0 fully saturated rings. The Labute approximate surface area is 169 Å². The maximum absolute atomic E-state index is 12.4. The van der Waals surface area contributed by atoms with Crippen LogP contribution in [0.2, 0.25) is 0 Å². The number of para-hydroxylation sites is 2. The molecule has 3 aromatic rings. The predicted molar refractivity (Wildman–Crippen MR) is 112 cm³/mol. The molecule has 0 saturated carbocycles. The number of amides is 1. The number of benzene rings is 2. The predicted octanol–water partition coefficient (Wildman–Crippen LogP) is 3.22. The maximum atomic E-state index is 12.4. The number of nitrogens with one attached hydrogen (secondary N) is 1. The van der Waals surface area contributed by atoms with E-state index in [4.69, 9.17) is 9.47 Å². The molecule has 4 rings (SSSR count). The van der Waals surface area contributed by atoms with Crippen LogP contribution in [0.4, 0.5) is 0 Å². The number of carbonyl (C=O) groups excluding carboxylic acids is 1. The number of aryl methyl sites for hydroxylation is 1. The van der Waals surface area contributed by atoms with Gasteiger partial charge in [0, 0.05) is 17.5 Å². The summed E-state index contributed by atoms with van der Waals surface area (Å²) in [5.41, 5.74) is 6.28.